The Morgan fingerprint density at radius 2 is 2.28 bits per heavy atom. The van der Waals surface area contributed by atoms with E-state index < -0.39 is 0 Å². The maximum absolute atomic E-state index is 4.45. The van der Waals surface area contributed by atoms with E-state index in [0.717, 1.165) is 37.3 Å². The van der Waals surface area contributed by atoms with Gasteiger partial charge in [-0.1, -0.05) is 11.6 Å². The van der Waals surface area contributed by atoms with Crippen LogP contribution in [0.2, 0.25) is 0 Å². The van der Waals surface area contributed by atoms with Crippen molar-refractivity contribution in [2.75, 3.05) is 6.54 Å². The van der Waals surface area contributed by atoms with Gasteiger partial charge < -0.3 is 5.32 Å². The number of rotatable bonds is 2. The summed E-state index contributed by atoms with van der Waals surface area (Å²) in [6.45, 7) is 4.34. The summed E-state index contributed by atoms with van der Waals surface area (Å²) in [7, 11) is 0. The number of hydrogen-bond acceptors (Lipinski definition) is 3. The molecule has 0 aromatic carbocycles. The van der Waals surface area contributed by atoms with Crippen LogP contribution in [0.5, 0.6) is 0 Å². The normalized spacial score (nSPS) is 35.7. The van der Waals surface area contributed by atoms with E-state index in [-0.39, 0.29) is 0 Å². The number of aromatic nitrogens is 3. The average Bonchev–Trinajstić information content (AvgIpc) is 3.12. The standard InChI is InChI=1S/C14H22N4/c1-9(12-7-10-2-3-11(12)6-10)18-14-4-5-15-8-13(14)16-17-18/h9-12,15H,2-8H2,1H3. The van der Waals surface area contributed by atoms with Crippen LogP contribution >= 0.6 is 0 Å². The van der Waals surface area contributed by atoms with Crippen molar-refractivity contribution in [2.24, 2.45) is 17.8 Å². The van der Waals surface area contributed by atoms with Gasteiger partial charge in [0.1, 0.15) is 0 Å². The van der Waals surface area contributed by atoms with Crippen molar-refractivity contribution in [1.29, 1.82) is 0 Å². The Labute approximate surface area is 108 Å². The first-order chi connectivity index (χ1) is 8.83. The molecule has 1 aromatic rings. The fourth-order valence-corrected chi connectivity index (χ4v) is 4.55. The van der Waals surface area contributed by atoms with Crippen molar-refractivity contribution >= 4 is 0 Å². The van der Waals surface area contributed by atoms with E-state index in [2.05, 4.69) is 27.2 Å². The van der Waals surface area contributed by atoms with Gasteiger partial charge in [0.15, 0.2) is 0 Å². The van der Waals surface area contributed by atoms with Crippen LogP contribution in [-0.2, 0) is 13.0 Å². The summed E-state index contributed by atoms with van der Waals surface area (Å²) in [6, 6.07) is 0.551. The van der Waals surface area contributed by atoms with Gasteiger partial charge in [-0.05, 0) is 43.9 Å². The highest BCUT2D eigenvalue weighted by atomic mass is 15.4. The minimum absolute atomic E-state index is 0.551. The van der Waals surface area contributed by atoms with Gasteiger partial charge in [-0.25, -0.2) is 4.68 Å². The molecule has 2 aliphatic carbocycles. The van der Waals surface area contributed by atoms with Gasteiger partial charge in [0, 0.05) is 19.5 Å². The van der Waals surface area contributed by atoms with Gasteiger partial charge >= 0.3 is 0 Å². The molecule has 3 aliphatic rings. The van der Waals surface area contributed by atoms with Gasteiger partial charge in [-0.2, -0.15) is 0 Å². The molecule has 2 saturated carbocycles. The minimum atomic E-state index is 0.551. The molecule has 1 aromatic heterocycles. The number of fused-ring (bicyclic) bond motifs is 3. The summed E-state index contributed by atoms with van der Waals surface area (Å²) in [5, 5.41) is 12.2. The predicted octanol–water partition coefficient (Wildman–Crippen LogP) is 1.92. The van der Waals surface area contributed by atoms with Gasteiger partial charge in [-0.3, -0.25) is 0 Å². The first-order valence-electron chi connectivity index (χ1n) is 7.46. The van der Waals surface area contributed by atoms with Crippen LogP contribution in [0, 0.1) is 17.8 Å². The lowest BCUT2D eigenvalue weighted by Gasteiger charge is -2.29. The average molecular weight is 246 g/mol. The largest absolute Gasteiger partial charge is 0.311 e. The molecule has 4 rings (SSSR count). The maximum Gasteiger partial charge on any atom is 0.0997 e. The Balaban J connectivity index is 1.61. The van der Waals surface area contributed by atoms with Crippen molar-refractivity contribution in [3.8, 4) is 0 Å². The Morgan fingerprint density at radius 3 is 3.06 bits per heavy atom. The van der Waals surface area contributed by atoms with Crippen molar-refractivity contribution in [1.82, 2.24) is 20.3 Å². The van der Waals surface area contributed by atoms with Crippen LogP contribution in [0.4, 0.5) is 0 Å². The van der Waals surface area contributed by atoms with E-state index in [1.54, 1.807) is 0 Å². The van der Waals surface area contributed by atoms with Gasteiger partial charge in [0.25, 0.3) is 0 Å². The van der Waals surface area contributed by atoms with Crippen LogP contribution in [0.25, 0.3) is 0 Å². The first-order valence-corrected chi connectivity index (χ1v) is 7.46. The lowest BCUT2D eigenvalue weighted by molar-refractivity contribution is 0.224. The van der Waals surface area contributed by atoms with Gasteiger partial charge in [-0.15, -0.1) is 5.10 Å². The number of nitrogens with zero attached hydrogens (tertiary/aromatic N) is 3. The molecule has 4 nitrogen and oxygen atoms in total. The molecular formula is C14H22N4. The molecule has 0 saturated heterocycles. The molecule has 4 unspecified atom stereocenters. The SMILES string of the molecule is CC(C1CC2CCC1C2)n1nnc2c1CCNC2. The third-order valence-corrected chi connectivity index (χ3v) is 5.50. The number of nitrogens with one attached hydrogen (secondary N) is 1. The third kappa shape index (κ3) is 1.54. The molecule has 4 heteroatoms. The monoisotopic (exact) mass is 246 g/mol. The minimum Gasteiger partial charge on any atom is -0.311 e. The van der Waals surface area contributed by atoms with E-state index in [1.807, 2.05) is 0 Å². The Hall–Kier alpha value is -0.900. The third-order valence-electron chi connectivity index (χ3n) is 5.50. The molecule has 4 atom stereocenters. The molecule has 0 amide bonds. The van der Waals surface area contributed by atoms with Crippen molar-refractivity contribution in [2.45, 2.75) is 51.6 Å². The van der Waals surface area contributed by atoms with Crippen LogP contribution in [0.1, 0.15) is 50.0 Å². The molecule has 2 heterocycles. The second-order valence-corrected chi connectivity index (χ2v) is 6.43. The topological polar surface area (TPSA) is 42.7 Å². The Kier molecular flexibility index (Phi) is 2.47. The lowest BCUT2D eigenvalue weighted by Crippen LogP contribution is -2.28. The van der Waals surface area contributed by atoms with E-state index in [0.29, 0.717) is 6.04 Å². The fraction of sp³-hybridized carbons (Fsp3) is 0.857. The highest BCUT2D eigenvalue weighted by Gasteiger charge is 2.43. The zero-order chi connectivity index (χ0) is 12.1. The van der Waals surface area contributed by atoms with Gasteiger partial charge in [0.05, 0.1) is 17.4 Å². The molecule has 1 N–H and O–H groups in total. The maximum atomic E-state index is 4.45. The van der Waals surface area contributed by atoms with E-state index in [1.165, 1.54) is 37.1 Å². The van der Waals surface area contributed by atoms with Crippen molar-refractivity contribution < 1.29 is 0 Å². The predicted molar refractivity (Wildman–Crippen MR) is 69.1 cm³/mol. The molecule has 1 aliphatic heterocycles. The summed E-state index contributed by atoms with van der Waals surface area (Å²) in [6.07, 6.45) is 6.94. The second-order valence-electron chi connectivity index (χ2n) is 6.43. The Morgan fingerprint density at radius 1 is 1.33 bits per heavy atom. The number of hydrogen-bond donors (Lipinski definition) is 1. The van der Waals surface area contributed by atoms with Crippen LogP contribution < -0.4 is 5.32 Å². The smallest absolute Gasteiger partial charge is 0.0997 e. The summed E-state index contributed by atoms with van der Waals surface area (Å²) >= 11 is 0. The summed E-state index contributed by atoms with van der Waals surface area (Å²) in [5.41, 5.74) is 2.57. The molecule has 98 valence electrons. The summed E-state index contributed by atoms with van der Waals surface area (Å²) in [4.78, 5) is 0. The lowest BCUT2D eigenvalue weighted by atomic mass is 9.84. The summed E-state index contributed by atoms with van der Waals surface area (Å²) in [5.74, 6) is 2.83. The molecule has 2 bridgehead atoms. The molecule has 0 radical (unpaired) electrons. The molecule has 2 fully saturated rings. The van der Waals surface area contributed by atoms with Crippen LogP contribution in [0.3, 0.4) is 0 Å². The van der Waals surface area contributed by atoms with E-state index in [4.69, 9.17) is 0 Å². The van der Waals surface area contributed by atoms with E-state index >= 15 is 0 Å². The van der Waals surface area contributed by atoms with E-state index in [9.17, 15) is 0 Å². The summed E-state index contributed by atoms with van der Waals surface area (Å²) < 4.78 is 2.25. The quantitative estimate of drug-likeness (QED) is 0.867. The van der Waals surface area contributed by atoms with Crippen molar-refractivity contribution in [3.05, 3.63) is 11.4 Å². The molecular weight excluding hydrogens is 224 g/mol. The zero-order valence-electron chi connectivity index (χ0n) is 11.1. The molecule has 0 spiro atoms. The highest BCUT2D eigenvalue weighted by molar-refractivity contribution is 5.14. The Bertz CT molecular complexity index is 453. The van der Waals surface area contributed by atoms with Crippen LogP contribution in [0.15, 0.2) is 0 Å². The second kappa shape index (κ2) is 4.05. The zero-order valence-corrected chi connectivity index (χ0v) is 11.1. The van der Waals surface area contributed by atoms with Crippen molar-refractivity contribution in [3.63, 3.8) is 0 Å². The van der Waals surface area contributed by atoms with Gasteiger partial charge in [0.2, 0.25) is 0 Å². The highest BCUT2D eigenvalue weighted by Crippen LogP contribution is 2.52. The van der Waals surface area contributed by atoms with Crippen LogP contribution in [-0.4, -0.2) is 21.5 Å². The first kappa shape index (κ1) is 11.0. The molecule has 18 heavy (non-hydrogen) atoms. The fourth-order valence-electron chi connectivity index (χ4n) is 4.55.